The monoisotopic (exact) mass is 203 g/mol. The molecule has 0 bridgehead atoms. The zero-order valence-corrected chi connectivity index (χ0v) is 9.17. The number of aliphatic hydroxyl groups is 1. The van der Waals surface area contributed by atoms with Crippen molar-refractivity contribution < 1.29 is 9.66 Å². The molecule has 0 unspecified atom stereocenters. The van der Waals surface area contributed by atoms with Gasteiger partial charge in [0.15, 0.2) is 0 Å². The van der Waals surface area contributed by atoms with Gasteiger partial charge in [0.2, 0.25) is 0 Å². The van der Waals surface area contributed by atoms with Crippen LogP contribution in [0.5, 0.6) is 0 Å². The van der Waals surface area contributed by atoms with Crippen LogP contribution in [0.15, 0.2) is 4.40 Å². The van der Waals surface area contributed by atoms with Crippen LogP contribution in [0.2, 0.25) is 0 Å². The van der Waals surface area contributed by atoms with Gasteiger partial charge in [0.05, 0.1) is 12.3 Å². The highest BCUT2D eigenvalue weighted by atomic mass is 32.2. The van der Waals surface area contributed by atoms with E-state index in [1.165, 1.54) is 0 Å². The highest BCUT2D eigenvalue weighted by Gasteiger charge is 2.29. The summed E-state index contributed by atoms with van der Waals surface area (Å²) in [4.78, 5) is 0. The highest BCUT2D eigenvalue weighted by molar-refractivity contribution is 7.91. The average Bonchev–Trinajstić information content (AvgIpc) is 1.93. The van der Waals surface area contributed by atoms with Crippen molar-refractivity contribution in [2.45, 2.75) is 44.5 Å². The van der Waals surface area contributed by atoms with Gasteiger partial charge in [0.25, 0.3) is 0 Å². The Morgan fingerprint density at radius 2 is 2.00 bits per heavy atom. The molecular formula is C9H17NO2S. The summed E-state index contributed by atoms with van der Waals surface area (Å²) in [5, 5.41) is 9.01. The van der Waals surface area contributed by atoms with Crippen molar-refractivity contribution in [1.82, 2.24) is 0 Å². The maximum absolute atomic E-state index is 11.4. The first-order valence-corrected chi connectivity index (χ1v) is 5.64. The van der Waals surface area contributed by atoms with E-state index in [-0.39, 0.29) is 10.9 Å². The van der Waals surface area contributed by atoms with Gasteiger partial charge in [-0.3, -0.25) is 0 Å². The molecule has 0 saturated heterocycles. The summed E-state index contributed by atoms with van der Waals surface area (Å²) in [7, 11) is 0. The molecule has 1 atom stereocenters. The Balaban J connectivity index is 2.32. The van der Waals surface area contributed by atoms with Gasteiger partial charge in [0.1, 0.15) is 16.1 Å². The van der Waals surface area contributed by atoms with Gasteiger partial charge in [-0.2, -0.15) is 0 Å². The molecule has 0 aromatic heterocycles. The van der Waals surface area contributed by atoms with Gasteiger partial charge in [0, 0.05) is 5.92 Å². The lowest BCUT2D eigenvalue weighted by molar-refractivity contribution is 0.0720. The van der Waals surface area contributed by atoms with Gasteiger partial charge in [-0.05, 0) is 33.6 Å². The van der Waals surface area contributed by atoms with Gasteiger partial charge in [-0.15, -0.1) is 0 Å². The van der Waals surface area contributed by atoms with Crippen LogP contribution in [-0.2, 0) is 11.4 Å². The number of hydrogen-bond acceptors (Lipinski definition) is 3. The highest BCUT2D eigenvalue weighted by Crippen LogP contribution is 2.26. The van der Waals surface area contributed by atoms with Crippen LogP contribution in [0.4, 0.5) is 0 Å². The van der Waals surface area contributed by atoms with E-state index in [4.69, 9.17) is 5.11 Å². The maximum Gasteiger partial charge on any atom is 0.144 e. The normalized spacial score (nSPS) is 31.8. The molecule has 0 aromatic rings. The summed E-state index contributed by atoms with van der Waals surface area (Å²) < 4.78 is 15.2. The Morgan fingerprint density at radius 1 is 1.46 bits per heavy atom. The summed E-state index contributed by atoms with van der Waals surface area (Å²) >= 11 is -1.15. The molecule has 4 heteroatoms. The average molecular weight is 203 g/mol. The van der Waals surface area contributed by atoms with Gasteiger partial charge >= 0.3 is 0 Å². The number of aliphatic hydroxyl groups excluding tert-OH is 1. The minimum atomic E-state index is -1.15. The van der Waals surface area contributed by atoms with Gasteiger partial charge in [-0.25, -0.2) is 0 Å². The molecule has 0 spiro atoms. The number of rotatable bonds is 2. The van der Waals surface area contributed by atoms with Crippen molar-refractivity contribution >= 4 is 17.6 Å². The Hall–Kier alpha value is -0.0600. The fourth-order valence-corrected chi connectivity index (χ4v) is 1.65. The molecule has 1 rings (SSSR count). The molecule has 0 aliphatic heterocycles. The van der Waals surface area contributed by atoms with Crippen molar-refractivity contribution in [2.75, 3.05) is 0 Å². The van der Waals surface area contributed by atoms with E-state index in [1.54, 1.807) is 6.21 Å². The molecule has 0 radical (unpaired) electrons. The molecule has 13 heavy (non-hydrogen) atoms. The second-order valence-electron chi connectivity index (χ2n) is 4.50. The lowest BCUT2D eigenvalue weighted by Crippen LogP contribution is -2.31. The zero-order chi connectivity index (χ0) is 10.1. The smallest absolute Gasteiger partial charge is 0.144 e. The molecule has 1 N–H and O–H groups in total. The lowest BCUT2D eigenvalue weighted by atomic mass is 9.84. The van der Waals surface area contributed by atoms with Crippen LogP contribution in [0, 0.1) is 5.92 Å². The Bertz CT molecular complexity index is 194. The van der Waals surface area contributed by atoms with Gasteiger partial charge < -0.3 is 9.66 Å². The molecule has 0 aromatic carbocycles. The summed E-state index contributed by atoms with van der Waals surface area (Å²) in [5.41, 5.74) is 0. The maximum atomic E-state index is 11.4. The second kappa shape index (κ2) is 3.98. The Labute approximate surface area is 82.6 Å². The van der Waals surface area contributed by atoms with Crippen LogP contribution in [-0.4, -0.2) is 26.7 Å². The van der Waals surface area contributed by atoms with Crippen LogP contribution < -0.4 is 0 Å². The van der Waals surface area contributed by atoms with Crippen molar-refractivity contribution in [3.63, 3.8) is 0 Å². The van der Waals surface area contributed by atoms with Crippen molar-refractivity contribution in [3.8, 4) is 0 Å². The molecular weight excluding hydrogens is 186 g/mol. The summed E-state index contributed by atoms with van der Waals surface area (Å²) in [6, 6.07) is 0. The summed E-state index contributed by atoms with van der Waals surface area (Å²) in [6.45, 7) is 5.70. The minimum absolute atomic E-state index is 0.167. The predicted molar refractivity (Wildman–Crippen MR) is 55.1 cm³/mol. The Morgan fingerprint density at radius 3 is 2.38 bits per heavy atom. The first-order valence-electron chi connectivity index (χ1n) is 4.54. The van der Waals surface area contributed by atoms with Crippen LogP contribution in [0.25, 0.3) is 0 Å². The van der Waals surface area contributed by atoms with Crippen molar-refractivity contribution in [2.24, 2.45) is 10.3 Å². The molecule has 76 valence electrons. The van der Waals surface area contributed by atoms with E-state index in [0.29, 0.717) is 5.92 Å². The minimum Gasteiger partial charge on any atom is -0.591 e. The number of hydrogen-bond donors (Lipinski definition) is 1. The van der Waals surface area contributed by atoms with E-state index in [2.05, 4.69) is 4.40 Å². The van der Waals surface area contributed by atoms with E-state index < -0.39 is 11.4 Å². The first-order chi connectivity index (χ1) is 5.89. The second-order valence-corrected chi connectivity index (χ2v) is 6.44. The van der Waals surface area contributed by atoms with Crippen molar-refractivity contribution in [1.29, 1.82) is 0 Å². The molecule has 1 saturated carbocycles. The molecule has 1 fully saturated rings. The van der Waals surface area contributed by atoms with Crippen molar-refractivity contribution in [3.05, 3.63) is 0 Å². The lowest BCUT2D eigenvalue weighted by Gasteiger charge is -2.28. The molecule has 3 nitrogen and oxygen atoms in total. The third kappa shape index (κ3) is 3.29. The summed E-state index contributed by atoms with van der Waals surface area (Å²) in [6.07, 6.45) is 3.10. The molecule has 0 amide bonds. The Kier molecular flexibility index (Phi) is 3.38. The predicted octanol–water partition coefficient (Wildman–Crippen LogP) is 1.29. The third-order valence-corrected chi connectivity index (χ3v) is 3.40. The van der Waals surface area contributed by atoms with E-state index >= 15 is 0 Å². The largest absolute Gasteiger partial charge is 0.591 e. The van der Waals surface area contributed by atoms with Crippen LogP contribution in [0.3, 0.4) is 0 Å². The molecule has 1 aliphatic rings. The third-order valence-electron chi connectivity index (χ3n) is 2.04. The van der Waals surface area contributed by atoms with Crippen LogP contribution >= 0.6 is 0 Å². The quantitative estimate of drug-likeness (QED) is 0.543. The fraction of sp³-hybridized carbons (Fsp3) is 0.889. The van der Waals surface area contributed by atoms with Crippen LogP contribution in [0.1, 0.15) is 33.6 Å². The van der Waals surface area contributed by atoms with E-state index in [9.17, 15) is 4.55 Å². The first kappa shape index (κ1) is 11.0. The number of nitrogens with zero attached hydrogens (tertiary/aromatic N) is 1. The molecule has 1 aliphatic carbocycles. The van der Waals surface area contributed by atoms with E-state index in [1.807, 2.05) is 20.8 Å². The fourth-order valence-electron chi connectivity index (χ4n) is 1.05. The zero-order valence-electron chi connectivity index (χ0n) is 8.36. The molecule has 0 heterocycles. The summed E-state index contributed by atoms with van der Waals surface area (Å²) in [5.74, 6) is 0.335. The standard InChI is InChI=1S/C9H17NO2S/c1-9(2,3)13(12)10-6-7-4-8(11)5-7/h6-8,11H,4-5H2,1-3H3/b10-6+/t7?,8?,13-/m1/s1. The van der Waals surface area contributed by atoms with E-state index in [0.717, 1.165) is 12.8 Å². The SMILES string of the molecule is CC(C)(C)[S@@+]([O-])/N=C/C1CC(O)C1. The van der Waals surface area contributed by atoms with Gasteiger partial charge in [-0.1, -0.05) is 4.40 Å². The topological polar surface area (TPSA) is 55.7 Å².